The first kappa shape index (κ1) is 30.0. The molecule has 0 radical (unpaired) electrons. The van der Waals surface area contributed by atoms with E-state index in [0.29, 0.717) is 17.5 Å². The van der Waals surface area contributed by atoms with Crippen LogP contribution in [0.4, 0.5) is 23.2 Å². The third-order valence-corrected chi connectivity index (χ3v) is 9.40. The highest BCUT2D eigenvalue weighted by Crippen LogP contribution is 2.49. The van der Waals surface area contributed by atoms with Crippen LogP contribution in [-0.4, -0.2) is 58.2 Å². The Morgan fingerprint density at radius 1 is 0.976 bits per heavy atom. The molecule has 2 aromatic carbocycles. The minimum atomic E-state index is -2.39. The van der Waals surface area contributed by atoms with Gasteiger partial charge in [0.05, 0.1) is 5.52 Å². The Morgan fingerprint density at radius 3 is 2.29 bits per heavy atom. The second kappa shape index (κ2) is 13.7. The topological polar surface area (TPSA) is 66.9 Å². The third-order valence-electron chi connectivity index (χ3n) is 7.45. The molecule has 1 aromatic heterocycles. The van der Waals surface area contributed by atoms with Gasteiger partial charge in [0.25, 0.3) is 5.91 Å². The number of piperidine rings is 1. The second-order valence-electron chi connectivity index (χ2n) is 10.1. The van der Waals surface area contributed by atoms with E-state index in [4.69, 9.17) is 14.5 Å². The van der Waals surface area contributed by atoms with Crippen LogP contribution in [0.25, 0.3) is 10.9 Å². The lowest BCUT2D eigenvalue weighted by atomic mass is 10.0. The Morgan fingerprint density at radius 2 is 1.63 bits per heavy atom. The van der Waals surface area contributed by atoms with E-state index in [-0.39, 0.29) is 18.3 Å². The van der Waals surface area contributed by atoms with Crippen molar-refractivity contribution in [1.82, 2.24) is 9.88 Å². The quantitative estimate of drug-likeness (QED) is 0.219. The molecule has 13 heteroatoms. The number of likely N-dealkylation sites (tertiary alicyclic amines) is 1. The minimum absolute atomic E-state index is 0.0390. The first-order valence-corrected chi connectivity index (χ1v) is 15.6. The van der Waals surface area contributed by atoms with Gasteiger partial charge >= 0.3 is 3.60 Å². The molecule has 41 heavy (non-hydrogen) atoms. The fourth-order valence-corrected chi connectivity index (χ4v) is 6.03. The lowest BCUT2D eigenvalue weighted by Gasteiger charge is -2.37. The van der Waals surface area contributed by atoms with Crippen molar-refractivity contribution in [3.05, 3.63) is 54.1 Å². The summed E-state index contributed by atoms with van der Waals surface area (Å²) >= 11 is -1.78. The Bertz CT molecular complexity index is 1330. The van der Waals surface area contributed by atoms with Crippen molar-refractivity contribution in [3.63, 3.8) is 0 Å². The third kappa shape index (κ3) is 7.30. The Balaban J connectivity index is 1.15. The van der Waals surface area contributed by atoms with Crippen molar-refractivity contribution in [2.75, 3.05) is 43.0 Å². The number of fused-ring (bicyclic) bond motifs is 1. The zero-order valence-electron chi connectivity index (χ0n) is 22.5. The molecule has 0 atom stereocenters. The Hall–Kier alpha value is -2.48. The summed E-state index contributed by atoms with van der Waals surface area (Å²) in [6.07, 6.45) is 4.97. The van der Waals surface area contributed by atoms with Crippen LogP contribution in [0.5, 0.6) is 11.5 Å². The van der Waals surface area contributed by atoms with Gasteiger partial charge in [-0.3, -0.25) is 4.79 Å². The molecule has 0 bridgehead atoms. The van der Waals surface area contributed by atoms with Gasteiger partial charge in [-0.05, 0) is 99.8 Å². The lowest BCUT2D eigenvalue weighted by Crippen LogP contribution is -2.44. The van der Waals surface area contributed by atoms with Gasteiger partial charge in [0.2, 0.25) is 0 Å². The van der Waals surface area contributed by atoms with Crippen molar-refractivity contribution in [2.45, 2.75) is 42.2 Å². The predicted molar refractivity (Wildman–Crippen MR) is 163 cm³/mol. The highest BCUT2D eigenvalue weighted by Gasteiger charge is 2.40. The molecule has 3 aromatic rings. The smallest absolute Gasteiger partial charge is 0.338 e. The molecule has 2 saturated heterocycles. The number of nitrogens with one attached hydrogen (secondary N) is 1. The number of rotatable bonds is 11. The molecule has 1 amide bonds. The second-order valence-corrected chi connectivity index (χ2v) is 13.1. The van der Waals surface area contributed by atoms with Crippen molar-refractivity contribution < 1.29 is 25.9 Å². The maximum Gasteiger partial charge on any atom is 0.338 e. The Labute approximate surface area is 250 Å². The van der Waals surface area contributed by atoms with Crippen LogP contribution in [0.3, 0.4) is 0 Å². The van der Waals surface area contributed by atoms with E-state index >= 15 is 0 Å². The fraction of sp³-hybridized carbons (Fsp3) is 0.429. The summed E-state index contributed by atoms with van der Waals surface area (Å²) < 4.78 is 46.9. The van der Waals surface area contributed by atoms with Crippen LogP contribution >= 0.6 is 36.4 Å². The van der Waals surface area contributed by atoms with E-state index in [1.807, 2.05) is 18.2 Å². The number of halogens is 3. The maximum absolute atomic E-state index is 12.9. The molecular formula is C28H31F3N4O3S3. The first-order valence-electron chi connectivity index (χ1n) is 13.4. The highest BCUT2D eigenvalue weighted by molar-refractivity contribution is 8.29. The molecule has 2 fully saturated rings. The molecule has 2 aliphatic rings. The van der Waals surface area contributed by atoms with Crippen LogP contribution < -0.4 is 19.7 Å². The van der Waals surface area contributed by atoms with Gasteiger partial charge in [0.15, 0.2) is 6.61 Å². The average molecular weight is 625 g/mol. The number of nitrogens with zero attached hydrogens (tertiary/aromatic N) is 3. The van der Waals surface area contributed by atoms with E-state index in [2.05, 4.69) is 28.1 Å². The zero-order valence-corrected chi connectivity index (χ0v) is 24.9. The van der Waals surface area contributed by atoms with E-state index < -0.39 is 40.0 Å². The largest absolute Gasteiger partial charge is 0.484 e. The lowest BCUT2D eigenvalue weighted by molar-refractivity contribution is -0.118. The summed E-state index contributed by atoms with van der Waals surface area (Å²) in [6.45, 7) is 6.28. The zero-order chi connectivity index (χ0) is 28.8. The first-order chi connectivity index (χ1) is 19.9. The number of carbonyl (C=O) groups excluding carboxylic acids is 1. The number of anilines is 2. The van der Waals surface area contributed by atoms with Crippen LogP contribution in [0, 0.1) is 6.92 Å². The van der Waals surface area contributed by atoms with Crippen molar-refractivity contribution in [2.24, 2.45) is 0 Å². The maximum atomic E-state index is 12.9. The average Bonchev–Trinajstić information content (AvgIpc) is 3.55. The molecule has 2 aliphatic heterocycles. The van der Waals surface area contributed by atoms with Gasteiger partial charge in [-0.15, -0.1) is 0 Å². The van der Waals surface area contributed by atoms with Gasteiger partial charge in [-0.25, -0.2) is 4.98 Å². The molecular weight excluding hydrogens is 594 g/mol. The molecule has 0 aliphatic carbocycles. The summed E-state index contributed by atoms with van der Waals surface area (Å²) in [4.78, 5) is 22.5. The molecule has 0 spiro atoms. The Kier molecular flexibility index (Phi) is 9.99. The normalized spacial score (nSPS) is 16.7. The van der Waals surface area contributed by atoms with E-state index in [1.54, 1.807) is 0 Å². The number of aryl methyl sites for hydroxylation is 1. The van der Waals surface area contributed by atoms with Gasteiger partial charge < -0.3 is 24.6 Å². The summed E-state index contributed by atoms with van der Waals surface area (Å²) in [5.41, 5.74) is 2.60. The summed E-state index contributed by atoms with van der Waals surface area (Å²) in [5.74, 6) is 1.01. The van der Waals surface area contributed by atoms with Crippen LogP contribution in [0.2, 0.25) is 0 Å². The van der Waals surface area contributed by atoms with Crippen molar-refractivity contribution in [1.29, 1.82) is 0 Å². The summed E-state index contributed by atoms with van der Waals surface area (Å²) in [7, 11) is 0. The molecule has 0 unspecified atom stereocenters. The number of amides is 1. The minimum Gasteiger partial charge on any atom is -0.484 e. The number of hydrogen-bond donors (Lipinski definition) is 1. The predicted octanol–water partition coefficient (Wildman–Crippen LogP) is 7.47. The van der Waals surface area contributed by atoms with Gasteiger partial charge in [0, 0.05) is 30.2 Å². The molecule has 5 rings (SSSR count). The van der Waals surface area contributed by atoms with Gasteiger partial charge in [-0.2, -0.15) is 11.7 Å². The van der Waals surface area contributed by atoms with Crippen LogP contribution in [-0.2, 0) is 4.79 Å². The molecule has 220 valence electrons. The van der Waals surface area contributed by atoms with Crippen LogP contribution in [0.1, 0.15) is 31.2 Å². The number of aromatic nitrogens is 1. The molecule has 1 N–H and O–H groups in total. The summed E-state index contributed by atoms with van der Waals surface area (Å²) in [5, 5.41) is 3.81. The van der Waals surface area contributed by atoms with E-state index in [0.717, 1.165) is 35.4 Å². The van der Waals surface area contributed by atoms with Crippen molar-refractivity contribution >= 4 is 64.8 Å². The molecule has 0 saturated carbocycles. The van der Waals surface area contributed by atoms with E-state index in [9.17, 15) is 16.5 Å². The number of pyridine rings is 1. The fourth-order valence-electron chi connectivity index (χ4n) is 5.36. The molecule has 7 nitrogen and oxygen atoms in total. The number of carbonyl (C=O) groups is 1. The molecule has 3 heterocycles. The SMILES string of the molecule is Cc1cc(N2CCC(N3CCCC3)CC2)nc2ccc(NC(=O)COc3ccc(OC(SF)(SF)SF)cc3)cc12. The van der Waals surface area contributed by atoms with Crippen LogP contribution in [0.15, 0.2) is 48.5 Å². The van der Waals surface area contributed by atoms with E-state index in [1.165, 1.54) is 63.0 Å². The van der Waals surface area contributed by atoms with Gasteiger partial charge in [0.1, 0.15) is 53.8 Å². The number of benzene rings is 2. The highest BCUT2D eigenvalue weighted by atomic mass is 32.3. The van der Waals surface area contributed by atoms with Gasteiger partial charge in [-0.1, -0.05) is 0 Å². The summed E-state index contributed by atoms with van der Waals surface area (Å²) in [6, 6.07) is 14.1. The standard InChI is InChI=1S/C28H31F3N4O3S3/c1-19-16-26(35-14-10-21(11-15-35)34-12-2-3-13-34)33-25-9-4-20(17-24(19)25)32-27(36)18-37-22-5-7-23(8-6-22)38-28(39-29,40-30)41-31/h4-9,16-17,21H,2-3,10-15,18H2,1H3,(H,32,36). The van der Waals surface area contributed by atoms with Crippen molar-refractivity contribution in [3.8, 4) is 11.5 Å². The number of hydrogen-bond acceptors (Lipinski definition) is 9. The monoisotopic (exact) mass is 624 g/mol. The number of ether oxygens (including phenoxy) is 2.